The Morgan fingerprint density at radius 2 is 1.82 bits per heavy atom. The average Bonchev–Trinajstić information content (AvgIpc) is 3.18. The van der Waals surface area contributed by atoms with E-state index in [0.29, 0.717) is 49.4 Å². The maximum Gasteiger partial charge on any atom is 0.435 e. The number of benzene rings is 1. The summed E-state index contributed by atoms with van der Waals surface area (Å²) in [5, 5.41) is 12.1. The third-order valence-corrected chi connectivity index (χ3v) is 6.41. The number of thiazole rings is 1. The van der Waals surface area contributed by atoms with Crippen molar-refractivity contribution in [2.45, 2.75) is 44.1 Å². The molecule has 0 atom stereocenters. The number of piperidine rings is 1. The minimum atomic E-state index is -4.81. The van der Waals surface area contributed by atoms with E-state index in [-0.39, 0.29) is 30.5 Å². The summed E-state index contributed by atoms with van der Waals surface area (Å²) < 4.78 is 78.7. The summed E-state index contributed by atoms with van der Waals surface area (Å²) >= 11 is 0.668. The highest BCUT2D eigenvalue weighted by molar-refractivity contribution is 7.13. The minimum absolute atomic E-state index is 0.0312. The molecule has 1 saturated heterocycles. The number of likely N-dealkylation sites (tertiary alicyclic amines) is 1. The smallest absolute Gasteiger partial charge is 0.393 e. The quantitative estimate of drug-likeness (QED) is 0.567. The summed E-state index contributed by atoms with van der Waals surface area (Å²) in [6, 6.07) is 4.55. The maximum atomic E-state index is 13.4. The molecule has 0 saturated carbocycles. The third kappa shape index (κ3) is 7.15. The van der Waals surface area contributed by atoms with Crippen LogP contribution in [0.5, 0.6) is 0 Å². The summed E-state index contributed by atoms with van der Waals surface area (Å²) in [7, 11) is 0. The van der Waals surface area contributed by atoms with Gasteiger partial charge in [-0.3, -0.25) is 4.79 Å². The van der Waals surface area contributed by atoms with Gasteiger partial charge in [-0.05, 0) is 30.9 Å². The molecule has 1 aromatic carbocycles. The van der Waals surface area contributed by atoms with Gasteiger partial charge in [-0.15, -0.1) is 11.3 Å². The van der Waals surface area contributed by atoms with Crippen molar-refractivity contribution in [2.75, 3.05) is 26.2 Å². The van der Waals surface area contributed by atoms with Crippen LogP contribution >= 0.6 is 11.3 Å². The van der Waals surface area contributed by atoms with E-state index in [4.69, 9.17) is 0 Å². The van der Waals surface area contributed by atoms with Crippen molar-refractivity contribution in [1.82, 2.24) is 15.2 Å². The second-order valence-corrected chi connectivity index (χ2v) is 8.89. The fourth-order valence-electron chi connectivity index (χ4n) is 3.52. The molecule has 3 rings (SSSR count). The number of aromatic nitrogens is 1. The highest BCUT2D eigenvalue weighted by Gasteiger charge is 2.39. The minimum Gasteiger partial charge on any atom is -0.393 e. The first kappa shape index (κ1) is 25.4. The summed E-state index contributed by atoms with van der Waals surface area (Å²) in [4.78, 5) is 17.5. The van der Waals surface area contributed by atoms with Crippen molar-refractivity contribution in [3.8, 4) is 0 Å². The number of carbonyl (C=O) groups is 1. The molecular formula is C21H23F6N3O2S. The first-order valence-corrected chi connectivity index (χ1v) is 11.2. The standard InChI is InChI=1S/C21H23F6N3O2S/c22-20(23,24)14-3-1-2-13(12-14)4-8-28-19(32)17-18(21(25,26)27)29-16(33-17)7-11-30-9-5-15(31)6-10-30/h1-3,12,15,31H,4-11H2,(H,28,32). The van der Waals surface area contributed by atoms with Crippen LogP contribution in [0.15, 0.2) is 24.3 Å². The molecule has 1 fully saturated rings. The van der Waals surface area contributed by atoms with Gasteiger partial charge in [-0.2, -0.15) is 26.3 Å². The Hall–Kier alpha value is -2.18. The zero-order valence-corrected chi connectivity index (χ0v) is 18.3. The largest absolute Gasteiger partial charge is 0.435 e. The number of halogens is 6. The van der Waals surface area contributed by atoms with E-state index in [0.717, 1.165) is 12.1 Å². The molecule has 2 heterocycles. The molecule has 0 bridgehead atoms. The first-order chi connectivity index (χ1) is 15.4. The number of aliphatic hydroxyl groups excluding tert-OH is 1. The molecule has 33 heavy (non-hydrogen) atoms. The zero-order chi connectivity index (χ0) is 24.2. The number of aliphatic hydroxyl groups is 1. The van der Waals surface area contributed by atoms with Crippen LogP contribution in [0, 0.1) is 0 Å². The molecule has 1 aliphatic rings. The average molecular weight is 495 g/mol. The van der Waals surface area contributed by atoms with Crippen LogP contribution in [0.3, 0.4) is 0 Å². The predicted molar refractivity (Wildman–Crippen MR) is 110 cm³/mol. The van der Waals surface area contributed by atoms with Gasteiger partial charge in [0, 0.05) is 32.6 Å². The molecule has 1 aliphatic heterocycles. The van der Waals surface area contributed by atoms with Crippen LogP contribution in [0.1, 0.15) is 44.3 Å². The van der Waals surface area contributed by atoms with E-state index in [1.807, 2.05) is 4.90 Å². The number of amides is 1. The van der Waals surface area contributed by atoms with Gasteiger partial charge in [0.1, 0.15) is 4.88 Å². The van der Waals surface area contributed by atoms with Gasteiger partial charge in [-0.1, -0.05) is 18.2 Å². The Labute approximate surface area is 190 Å². The van der Waals surface area contributed by atoms with Gasteiger partial charge < -0.3 is 15.3 Å². The van der Waals surface area contributed by atoms with Crippen molar-refractivity contribution in [3.05, 3.63) is 51.0 Å². The fourth-order valence-corrected chi connectivity index (χ4v) is 4.51. The Balaban J connectivity index is 1.61. The first-order valence-electron chi connectivity index (χ1n) is 10.3. The number of nitrogens with zero attached hydrogens (tertiary/aromatic N) is 2. The van der Waals surface area contributed by atoms with Gasteiger partial charge in [-0.25, -0.2) is 4.98 Å². The van der Waals surface area contributed by atoms with E-state index >= 15 is 0 Å². The van der Waals surface area contributed by atoms with Crippen LogP contribution < -0.4 is 5.32 Å². The van der Waals surface area contributed by atoms with E-state index in [1.165, 1.54) is 12.1 Å². The molecule has 1 aromatic heterocycles. The molecule has 182 valence electrons. The van der Waals surface area contributed by atoms with Crippen molar-refractivity contribution in [2.24, 2.45) is 0 Å². The van der Waals surface area contributed by atoms with Crippen LogP contribution in [0.2, 0.25) is 0 Å². The van der Waals surface area contributed by atoms with Crippen molar-refractivity contribution < 1.29 is 36.2 Å². The lowest BCUT2D eigenvalue weighted by Crippen LogP contribution is -2.37. The number of alkyl halides is 6. The molecular weight excluding hydrogens is 472 g/mol. The molecule has 2 N–H and O–H groups in total. The summed E-state index contributed by atoms with van der Waals surface area (Å²) in [5.41, 5.74) is -1.79. The van der Waals surface area contributed by atoms with E-state index in [2.05, 4.69) is 10.3 Å². The number of hydrogen-bond acceptors (Lipinski definition) is 5. The Morgan fingerprint density at radius 1 is 1.12 bits per heavy atom. The molecule has 0 radical (unpaired) electrons. The van der Waals surface area contributed by atoms with Gasteiger partial charge in [0.05, 0.1) is 16.7 Å². The lowest BCUT2D eigenvalue weighted by atomic mass is 10.1. The van der Waals surface area contributed by atoms with Crippen LogP contribution in [0.25, 0.3) is 0 Å². The molecule has 5 nitrogen and oxygen atoms in total. The third-order valence-electron chi connectivity index (χ3n) is 5.30. The predicted octanol–water partition coefficient (Wildman–Crippen LogP) is 4.15. The van der Waals surface area contributed by atoms with Gasteiger partial charge in [0.15, 0.2) is 5.69 Å². The topological polar surface area (TPSA) is 65.5 Å². The molecule has 0 aliphatic carbocycles. The Morgan fingerprint density at radius 3 is 2.45 bits per heavy atom. The normalized spacial score (nSPS) is 16.2. The molecule has 2 aromatic rings. The van der Waals surface area contributed by atoms with Gasteiger partial charge in [0.2, 0.25) is 0 Å². The highest BCUT2D eigenvalue weighted by Crippen LogP contribution is 2.35. The summed E-state index contributed by atoms with van der Waals surface area (Å²) in [5.74, 6) is -0.959. The molecule has 1 amide bonds. The maximum absolute atomic E-state index is 13.4. The van der Waals surface area contributed by atoms with Gasteiger partial charge in [0.25, 0.3) is 5.91 Å². The van der Waals surface area contributed by atoms with E-state index < -0.39 is 34.4 Å². The highest BCUT2D eigenvalue weighted by atomic mass is 32.1. The summed E-state index contributed by atoms with van der Waals surface area (Å²) in [6.07, 6.45) is -8.20. The lowest BCUT2D eigenvalue weighted by Gasteiger charge is -2.29. The van der Waals surface area contributed by atoms with E-state index in [1.54, 1.807) is 0 Å². The molecule has 0 spiro atoms. The van der Waals surface area contributed by atoms with Crippen LogP contribution in [-0.4, -0.2) is 53.2 Å². The zero-order valence-electron chi connectivity index (χ0n) is 17.5. The Bertz CT molecular complexity index is 952. The second kappa shape index (κ2) is 10.4. The van der Waals surface area contributed by atoms with Crippen LogP contribution in [0.4, 0.5) is 26.3 Å². The number of nitrogens with one attached hydrogen (secondary N) is 1. The van der Waals surface area contributed by atoms with Crippen molar-refractivity contribution >= 4 is 17.2 Å². The SMILES string of the molecule is O=C(NCCc1cccc(C(F)(F)F)c1)c1sc(CCN2CCC(O)CC2)nc1C(F)(F)F. The summed E-state index contributed by atoms with van der Waals surface area (Å²) in [6.45, 7) is 1.62. The van der Waals surface area contributed by atoms with Crippen molar-refractivity contribution in [3.63, 3.8) is 0 Å². The Kier molecular flexibility index (Phi) is 8.01. The number of carbonyl (C=O) groups excluding carboxylic acids is 1. The van der Waals surface area contributed by atoms with Crippen LogP contribution in [-0.2, 0) is 25.2 Å². The number of rotatable bonds is 7. The fraction of sp³-hybridized carbons (Fsp3) is 0.524. The molecule has 12 heteroatoms. The lowest BCUT2D eigenvalue weighted by molar-refractivity contribution is -0.141. The monoisotopic (exact) mass is 495 g/mol. The number of hydrogen-bond donors (Lipinski definition) is 2. The van der Waals surface area contributed by atoms with E-state index in [9.17, 15) is 36.2 Å². The molecule has 0 unspecified atom stereocenters. The van der Waals surface area contributed by atoms with Crippen molar-refractivity contribution in [1.29, 1.82) is 0 Å². The second-order valence-electron chi connectivity index (χ2n) is 7.81. The van der Waals surface area contributed by atoms with Gasteiger partial charge >= 0.3 is 12.4 Å².